The molecule has 14 rings (SSSR count). The number of nitrogens with zero attached hydrogens (tertiary/aromatic N) is 3. The summed E-state index contributed by atoms with van der Waals surface area (Å²) in [5.74, 6) is 0. The molecule has 14 aromatic rings. The molecule has 0 saturated heterocycles. The van der Waals surface area contributed by atoms with E-state index in [1.165, 1.54) is 65.5 Å². The monoisotopic (exact) mass is 815 g/mol. The van der Waals surface area contributed by atoms with Gasteiger partial charge >= 0.3 is 0 Å². The smallest absolute Gasteiger partial charge is 0.137 e. The lowest BCUT2D eigenvalue weighted by atomic mass is 9.99. The molecule has 0 saturated carbocycles. The minimum absolute atomic E-state index is 0.874. The van der Waals surface area contributed by atoms with Crippen LogP contribution < -0.4 is 0 Å². The number of hydrogen-bond donors (Lipinski definition) is 0. The summed E-state index contributed by atoms with van der Waals surface area (Å²) in [7, 11) is 0. The highest BCUT2D eigenvalue weighted by atomic mass is 16.3. The fourth-order valence-corrected chi connectivity index (χ4v) is 10.8. The summed E-state index contributed by atoms with van der Waals surface area (Å²) in [4.78, 5) is 0. The molecule has 0 bridgehead atoms. The lowest BCUT2D eigenvalue weighted by Gasteiger charge is -2.16. The van der Waals surface area contributed by atoms with E-state index in [1.54, 1.807) is 0 Å². The van der Waals surface area contributed by atoms with Crippen LogP contribution in [0.2, 0.25) is 0 Å². The van der Waals surface area contributed by atoms with Crippen molar-refractivity contribution in [3.63, 3.8) is 0 Å². The zero-order valence-electron chi connectivity index (χ0n) is 34.6. The molecule has 4 nitrogen and oxygen atoms in total. The van der Waals surface area contributed by atoms with Crippen molar-refractivity contribution in [1.29, 1.82) is 0 Å². The number of rotatable bonds is 5. The maximum absolute atomic E-state index is 6.58. The Morgan fingerprint density at radius 2 is 0.828 bits per heavy atom. The van der Waals surface area contributed by atoms with Crippen LogP contribution in [0.3, 0.4) is 0 Å². The van der Waals surface area contributed by atoms with E-state index >= 15 is 0 Å². The molecule has 4 heteroatoms. The van der Waals surface area contributed by atoms with Gasteiger partial charge in [0.25, 0.3) is 0 Å². The van der Waals surface area contributed by atoms with Gasteiger partial charge in [-0.25, -0.2) is 0 Å². The molecule has 4 aromatic heterocycles. The molecule has 0 atom stereocenters. The Hall–Kier alpha value is -8.60. The lowest BCUT2D eigenvalue weighted by molar-refractivity contribution is 0.669. The molecule has 0 aliphatic heterocycles. The zero-order valence-corrected chi connectivity index (χ0v) is 34.6. The molecule has 298 valence electrons. The summed E-state index contributed by atoms with van der Waals surface area (Å²) in [6, 6.07) is 81.4. The summed E-state index contributed by atoms with van der Waals surface area (Å²) in [5, 5.41) is 9.60. The van der Waals surface area contributed by atoms with Crippen molar-refractivity contribution < 1.29 is 4.42 Å². The molecule has 0 N–H and O–H groups in total. The Labute approximate surface area is 367 Å². The number of furan rings is 1. The van der Waals surface area contributed by atoms with Crippen molar-refractivity contribution in [1.82, 2.24) is 13.7 Å². The van der Waals surface area contributed by atoms with E-state index in [2.05, 4.69) is 238 Å². The van der Waals surface area contributed by atoms with Crippen molar-refractivity contribution >= 4 is 87.4 Å². The van der Waals surface area contributed by atoms with Crippen molar-refractivity contribution in [2.75, 3.05) is 0 Å². The highest BCUT2D eigenvalue weighted by molar-refractivity contribution is 6.30. The maximum atomic E-state index is 6.58. The van der Waals surface area contributed by atoms with Gasteiger partial charge in [0.05, 0.1) is 49.9 Å². The van der Waals surface area contributed by atoms with Crippen molar-refractivity contribution in [2.45, 2.75) is 0 Å². The summed E-state index contributed by atoms with van der Waals surface area (Å²) < 4.78 is 14.0. The van der Waals surface area contributed by atoms with E-state index in [-0.39, 0.29) is 0 Å². The van der Waals surface area contributed by atoms with E-state index in [1.807, 2.05) is 0 Å². The van der Waals surface area contributed by atoms with Gasteiger partial charge in [-0.3, -0.25) is 0 Å². The minimum atomic E-state index is 0.874. The van der Waals surface area contributed by atoms with Gasteiger partial charge in [-0.1, -0.05) is 146 Å². The first-order valence-corrected chi connectivity index (χ1v) is 21.9. The first kappa shape index (κ1) is 35.0. The van der Waals surface area contributed by atoms with Crippen molar-refractivity contribution in [3.05, 3.63) is 224 Å². The second-order valence-electron chi connectivity index (χ2n) is 16.8. The van der Waals surface area contributed by atoms with Gasteiger partial charge in [-0.15, -0.1) is 0 Å². The van der Waals surface area contributed by atoms with Crippen LogP contribution >= 0.6 is 0 Å². The van der Waals surface area contributed by atoms with Crippen LogP contribution in [-0.4, -0.2) is 13.7 Å². The maximum Gasteiger partial charge on any atom is 0.137 e. The number of fused-ring (bicyclic) bond motifs is 13. The third-order valence-corrected chi connectivity index (χ3v) is 13.4. The van der Waals surface area contributed by atoms with Gasteiger partial charge in [0.1, 0.15) is 11.2 Å². The molecule has 0 radical (unpaired) electrons. The van der Waals surface area contributed by atoms with Gasteiger partial charge in [0, 0.05) is 54.5 Å². The molecule has 0 amide bonds. The van der Waals surface area contributed by atoms with Crippen LogP contribution in [-0.2, 0) is 0 Å². The summed E-state index contributed by atoms with van der Waals surface area (Å²) in [6.45, 7) is 0. The van der Waals surface area contributed by atoms with Gasteiger partial charge in [0.15, 0.2) is 0 Å². The lowest BCUT2D eigenvalue weighted by Crippen LogP contribution is -1.99. The van der Waals surface area contributed by atoms with Crippen molar-refractivity contribution in [2.24, 2.45) is 0 Å². The van der Waals surface area contributed by atoms with Crippen LogP contribution in [0, 0.1) is 0 Å². The van der Waals surface area contributed by atoms with Crippen LogP contribution in [0.25, 0.3) is 127 Å². The summed E-state index contributed by atoms with van der Waals surface area (Å²) in [6.07, 6.45) is 0. The molecule has 0 aliphatic rings. The van der Waals surface area contributed by atoms with Crippen LogP contribution in [0.5, 0.6) is 0 Å². The van der Waals surface area contributed by atoms with Crippen molar-refractivity contribution in [3.8, 4) is 39.3 Å². The van der Waals surface area contributed by atoms with Gasteiger partial charge in [-0.05, 0) is 90.0 Å². The Morgan fingerprint density at radius 3 is 1.58 bits per heavy atom. The summed E-state index contributed by atoms with van der Waals surface area (Å²) in [5.41, 5.74) is 16.9. The van der Waals surface area contributed by atoms with Crippen LogP contribution in [0.4, 0.5) is 0 Å². The highest BCUT2D eigenvalue weighted by Crippen LogP contribution is 2.47. The van der Waals surface area contributed by atoms with E-state index in [9.17, 15) is 0 Å². The predicted molar refractivity (Wildman–Crippen MR) is 268 cm³/mol. The predicted octanol–water partition coefficient (Wildman–Crippen LogP) is 16.2. The van der Waals surface area contributed by atoms with Crippen LogP contribution in [0.1, 0.15) is 0 Å². The second kappa shape index (κ2) is 13.4. The Bertz CT molecular complexity index is 4180. The Balaban J connectivity index is 1.06. The summed E-state index contributed by atoms with van der Waals surface area (Å²) >= 11 is 0. The largest absolute Gasteiger partial charge is 0.456 e. The number of hydrogen-bond acceptors (Lipinski definition) is 1. The zero-order chi connectivity index (χ0) is 41.9. The standard InChI is InChI=1S/C60H37N3O/c1-3-17-38(18-4-1)42-32-36-56-59(46-25-11-16-30-55(46)64-56)60(42)63-51-29-15-10-24-45(51)58-54(63)35-34-53-57(58)44-23-9-14-28-50(44)62(53)48-26-12-7-21-41(48)39-31-33-52-47(37-39)43-22-8-13-27-49(43)61(52)40-19-5-2-6-20-40/h1-37H. The van der Waals surface area contributed by atoms with E-state index in [0.29, 0.717) is 0 Å². The number of benzene rings is 10. The van der Waals surface area contributed by atoms with E-state index < -0.39 is 0 Å². The van der Waals surface area contributed by atoms with Gasteiger partial charge in [0.2, 0.25) is 0 Å². The highest BCUT2D eigenvalue weighted by Gasteiger charge is 2.25. The molecular weight excluding hydrogens is 779 g/mol. The molecule has 10 aromatic carbocycles. The molecule has 0 aliphatic carbocycles. The van der Waals surface area contributed by atoms with Gasteiger partial charge in [-0.2, -0.15) is 0 Å². The number of aromatic nitrogens is 3. The SMILES string of the molecule is c1ccc(-c2ccc3oc4ccccc4c3c2-n2c3ccccc3c3c4c5ccccc5n(-c5ccccc5-c5ccc6c(c5)c5ccccc5n6-c5ccccc5)c4ccc32)cc1. The minimum Gasteiger partial charge on any atom is -0.456 e. The fraction of sp³-hybridized carbons (Fsp3) is 0. The Kier molecular flexibility index (Phi) is 7.36. The molecule has 64 heavy (non-hydrogen) atoms. The normalized spacial score (nSPS) is 12.1. The average molecular weight is 816 g/mol. The van der Waals surface area contributed by atoms with Crippen LogP contribution in [0.15, 0.2) is 229 Å². The topological polar surface area (TPSA) is 27.9 Å². The molecule has 4 heterocycles. The van der Waals surface area contributed by atoms with Gasteiger partial charge < -0.3 is 18.1 Å². The fourth-order valence-electron chi connectivity index (χ4n) is 10.8. The van der Waals surface area contributed by atoms with E-state index in [0.717, 1.165) is 61.2 Å². The first-order chi connectivity index (χ1) is 31.8. The third-order valence-electron chi connectivity index (χ3n) is 13.4. The molecule has 0 unspecified atom stereocenters. The third kappa shape index (κ3) is 4.88. The Morgan fingerprint density at radius 1 is 0.281 bits per heavy atom. The number of para-hydroxylation sites is 6. The quantitative estimate of drug-likeness (QED) is 0.170. The molecular formula is C60H37N3O. The molecule has 0 spiro atoms. The average Bonchev–Trinajstić information content (AvgIpc) is 4.10. The first-order valence-electron chi connectivity index (χ1n) is 21.9. The van der Waals surface area contributed by atoms with E-state index in [4.69, 9.17) is 4.42 Å². The molecule has 0 fully saturated rings. The second-order valence-corrected chi connectivity index (χ2v) is 16.8.